The number of benzene rings is 2. The molecule has 6 nitrogen and oxygen atoms in total. The van der Waals surface area contributed by atoms with Gasteiger partial charge in [-0.15, -0.1) is 0 Å². The van der Waals surface area contributed by atoms with Crippen LogP contribution in [0.25, 0.3) is 0 Å². The molecule has 0 fully saturated rings. The molecule has 0 radical (unpaired) electrons. The average Bonchev–Trinajstić information content (AvgIpc) is 2.71. The molecule has 7 heteroatoms. The molecule has 0 heterocycles. The lowest BCUT2D eigenvalue weighted by molar-refractivity contribution is -0.124. The second kappa shape index (κ2) is 9.50. The maximum absolute atomic E-state index is 12.3. The smallest absolute Gasteiger partial charge is 0.251 e. The second-order valence-electron chi connectivity index (χ2n) is 6.78. The summed E-state index contributed by atoms with van der Waals surface area (Å²) in [6.07, 6.45) is 0.815. The monoisotopic (exact) mass is 413 g/mol. The fourth-order valence-corrected chi connectivity index (χ4v) is 3.54. The van der Waals surface area contributed by atoms with Crippen LogP contribution in [-0.2, 0) is 14.6 Å². The van der Waals surface area contributed by atoms with Crippen LogP contribution in [0.15, 0.2) is 54.6 Å². The molecule has 0 aliphatic heterocycles. The lowest BCUT2D eigenvalue weighted by Gasteiger charge is -2.25. The highest BCUT2D eigenvalue weighted by molar-refractivity contribution is 7.92. The van der Waals surface area contributed by atoms with E-state index in [-0.39, 0.29) is 18.9 Å². The maximum Gasteiger partial charge on any atom is 0.251 e. The standard InChI is InChI=1S/C22H23NO5S/c1-22(20(25)16-24,29(2,27)28)14-15-23-21(26)19-12-10-18(11-13-19)9-8-17-6-4-3-5-7-17/h3-7,10-13,24H,14-16H2,1-2H3,(H,23,26). The summed E-state index contributed by atoms with van der Waals surface area (Å²) in [5.74, 6) is 4.86. The Labute approximate surface area is 170 Å². The van der Waals surface area contributed by atoms with Gasteiger partial charge in [0.1, 0.15) is 11.4 Å². The van der Waals surface area contributed by atoms with Gasteiger partial charge in [-0.05, 0) is 49.7 Å². The van der Waals surface area contributed by atoms with Crippen LogP contribution >= 0.6 is 0 Å². The SMILES string of the molecule is CC(CCNC(=O)c1ccc(C#Cc2ccccc2)cc1)(C(=O)CO)S(C)(=O)=O. The van der Waals surface area contributed by atoms with Crippen LogP contribution in [0.5, 0.6) is 0 Å². The summed E-state index contributed by atoms with van der Waals surface area (Å²) in [6.45, 7) is 0.361. The molecule has 1 unspecified atom stereocenters. The summed E-state index contributed by atoms with van der Waals surface area (Å²) >= 11 is 0. The average molecular weight is 413 g/mol. The topological polar surface area (TPSA) is 101 Å². The molecule has 0 aliphatic carbocycles. The van der Waals surface area contributed by atoms with E-state index < -0.39 is 27.0 Å². The zero-order chi connectivity index (χ0) is 21.5. The van der Waals surface area contributed by atoms with Gasteiger partial charge in [0.05, 0.1) is 0 Å². The van der Waals surface area contributed by atoms with Gasteiger partial charge in [-0.25, -0.2) is 8.42 Å². The summed E-state index contributed by atoms with van der Waals surface area (Å²) in [5, 5.41) is 11.7. The van der Waals surface area contributed by atoms with E-state index in [0.717, 1.165) is 17.4 Å². The predicted molar refractivity (Wildman–Crippen MR) is 111 cm³/mol. The Bertz CT molecular complexity index is 1030. The molecule has 1 amide bonds. The van der Waals surface area contributed by atoms with E-state index in [4.69, 9.17) is 5.11 Å². The van der Waals surface area contributed by atoms with Gasteiger partial charge in [-0.1, -0.05) is 30.0 Å². The molecule has 2 aromatic carbocycles. The Balaban J connectivity index is 1.99. The number of aliphatic hydroxyl groups is 1. The molecule has 0 aromatic heterocycles. The van der Waals surface area contributed by atoms with Crippen molar-refractivity contribution in [2.45, 2.75) is 18.1 Å². The first-order chi connectivity index (χ1) is 13.7. The number of rotatable bonds is 7. The zero-order valence-corrected chi connectivity index (χ0v) is 17.1. The van der Waals surface area contributed by atoms with E-state index in [1.54, 1.807) is 24.3 Å². The highest BCUT2D eigenvalue weighted by Crippen LogP contribution is 2.21. The van der Waals surface area contributed by atoms with E-state index in [0.29, 0.717) is 5.56 Å². The van der Waals surface area contributed by atoms with Gasteiger partial charge in [0.25, 0.3) is 5.91 Å². The Morgan fingerprint density at radius 2 is 1.55 bits per heavy atom. The van der Waals surface area contributed by atoms with Crippen molar-refractivity contribution in [3.63, 3.8) is 0 Å². The maximum atomic E-state index is 12.3. The summed E-state index contributed by atoms with van der Waals surface area (Å²) in [5.41, 5.74) is 2.04. The first-order valence-electron chi connectivity index (χ1n) is 8.96. The van der Waals surface area contributed by atoms with Crippen molar-refractivity contribution in [3.05, 3.63) is 71.3 Å². The lowest BCUT2D eigenvalue weighted by atomic mass is 10.0. The van der Waals surface area contributed by atoms with Crippen LogP contribution in [0.3, 0.4) is 0 Å². The molecule has 0 saturated heterocycles. The second-order valence-corrected chi connectivity index (χ2v) is 9.23. The molecule has 2 rings (SSSR count). The molecule has 2 N–H and O–H groups in total. The van der Waals surface area contributed by atoms with Crippen molar-refractivity contribution in [1.29, 1.82) is 0 Å². The minimum absolute atomic E-state index is 0.0241. The third-order valence-electron chi connectivity index (χ3n) is 4.71. The molecular weight excluding hydrogens is 390 g/mol. The normalized spacial score (nSPS) is 12.9. The highest BCUT2D eigenvalue weighted by Gasteiger charge is 2.42. The first kappa shape index (κ1) is 22.3. The van der Waals surface area contributed by atoms with E-state index >= 15 is 0 Å². The summed E-state index contributed by atoms with van der Waals surface area (Å²) < 4.78 is 22.1. The molecule has 0 saturated carbocycles. The zero-order valence-electron chi connectivity index (χ0n) is 16.3. The number of aliphatic hydroxyl groups excluding tert-OH is 1. The number of carbonyl (C=O) groups excluding carboxylic acids is 2. The van der Waals surface area contributed by atoms with Crippen LogP contribution in [0, 0.1) is 11.8 Å². The Hall–Kier alpha value is -2.95. The Morgan fingerprint density at radius 3 is 2.07 bits per heavy atom. The number of sulfone groups is 1. The summed E-state index contributed by atoms with van der Waals surface area (Å²) in [4.78, 5) is 24.2. The van der Waals surface area contributed by atoms with Crippen LogP contribution in [0.1, 0.15) is 34.8 Å². The van der Waals surface area contributed by atoms with Crippen LogP contribution in [-0.4, -0.2) is 49.4 Å². The van der Waals surface area contributed by atoms with Gasteiger partial charge >= 0.3 is 0 Å². The molecule has 0 spiro atoms. The van der Waals surface area contributed by atoms with Gasteiger partial charge in [-0.3, -0.25) is 9.59 Å². The number of carbonyl (C=O) groups is 2. The number of ketones is 1. The minimum atomic E-state index is -3.75. The van der Waals surface area contributed by atoms with Gasteiger partial charge in [-0.2, -0.15) is 0 Å². The predicted octanol–water partition coefficient (Wildman–Crippen LogP) is 1.57. The van der Waals surface area contributed by atoms with Gasteiger partial charge in [0, 0.05) is 29.5 Å². The third kappa shape index (κ3) is 5.76. The number of nitrogens with one attached hydrogen (secondary N) is 1. The van der Waals surface area contributed by atoms with Gasteiger partial charge in [0.15, 0.2) is 15.6 Å². The van der Waals surface area contributed by atoms with Crippen molar-refractivity contribution >= 4 is 21.5 Å². The Kier molecular flexibility index (Phi) is 7.32. The number of Topliss-reactive ketones (excluding diaryl/α,β-unsaturated/α-hetero) is 1. The van der Waals surface area contributed by atoms with Gasteiger partial charge < -0.3 is 10.4 Å². The first-order valence-corrected chi connectivity index (χ1v) is 10.9. The highest BCUT2D eigenvalue weighted by atomic mass is 32.2. The van der Waals surface area contributed by atoms with Crippen molar-refractivity contribution in [2.24, 2.45) is 0 Å². The van der Waals surface area contributed by atoms with E-state index in [9.17, 15) is 18.0 Å². The van der Waals surface area contributed by atoms with Crippen molar-refractivity contribution in [1.82, 2.24) is 5.32 Å². The van der Waals surface area contributed by atoms with Crippen LogP contribution in [0.2, 0.25) is 0 Å². The number of amides is 1. The number of hydrogen-bond acceptors (Lipinski definition) is 5. The molecule has 2 aromatic rings. The third-order valence-corrected chi connectivity index (χ3v) is 6.78. The largest absolute Gasteiger partial charge is 0.389 e. The quantitative estimate of drug-likeness (QED) is 0.671. The van der Waals surface area contributed by atoms with Crippen molar-refractivity contribution < 1.29 is 23.1 Å². The molecule has 29 heavy (non-hydrogen) atoms. The van der Waals surface area contributed by atoms with Crippen LogP contribution in [0.4, 0.5) is 0 Å². The van der Waals surface area contributed by atoms with E-state index in [1.807, 2.05) is 30.3 Å². The molecule has 1 atom stereocenters. The summed E-state index contributed by atoms with van der Waals surface area (Å²) in [6, 6.07) is 16.2. The van der Waals surface area contributed by atoms with Crippen molar-refractivity contribution in [3.8, 4) is 11.8 Å². The van der Waals surface area contributed by atoms with Crippen LogP contribution < -0.4 is 5.32 Å². The Morgan fingerprint density at radius 1 is 1.00 bits per heavy atom. The fraction of sp³-hybridized carbons (Fsp3) is 0.273. The fourth-order valence-electron chi connectivity index (χ4n) is 2.59. The minimum Gasteiger partial charge on any atom is -0.389 e. The molecule has 152 valence electrons. The molecule has 0 bridgehead atoms. The molecular formula is C22H23NO5S. The lowest BCUT2D eigenvalue weighted by Crippen LogP contribution is -2.47. The summed E-state index contributed by atoms with van der Waals surface area (Å²) in [7, 11) is -3.75. The molecule has 0 aliphatic rings. The van der Waals surface area contributed by atoms with Crippen molar-refractivity contribution in [2.75, 3.05) is 19.4 Å². The number of hydrogen-bond donors (Lipinski definition) is 2. The van der Waals surface area contributed by atoms with E-state index in [1.165, 1.54) is 6.92 Å². The van der Waals surface area contributed by atoms with Gasteiger partial charge in [0.2, 0.25) is 0 Å². The van der Waals surface area contributed by atoms with E-state index in [2.05, 4.69) is 17.2 Å².